The van der Waals surface area contributed by atoms with E-state index < -0.39 is 6.10 Å². The molecule has 1 N–H and O–H groups in total. The van der Waals surface area contributed by atoms with E-state index in [9.17, 15) is 5.11 Å². The Kier molecular flexibility index (Phi) is 5.05. The summed E-state index contributed by atoms with van der Waals surface area (Å²) >= 11 is 0. The summed E-state index contributed by atoms with van der Waals surface area (Å²) in [7, 11) is 2.04. The number of nitrogens with zero attached hydrogens (tertiary/aromatic N) is 1. The Morgan fingerprint density at radius 2 is 2.00 bits per heavy atom. The average molecular weight is 265 g/mol. The molecule has 0 bridgehead atoms. The van der Waals surface area contributed by atoms with Gasteiger partial charge < -0.3 is 19.5 Å². The third kappa shape index (κ3) is 3.85. The number of hydrogen-bond donors (Lipinski definition) is 1. The smallest absolute Gasteiger partial charge is 0.161 e. The van der Waals surface area contributed by atoms with Crippen molar-refractivity contribution in [2.45, 2.75) is 25.9 Å². The summed E-state index contributed by atoms with van der Waals surface area (Å²) in [5.41, 5.74) is 0.882. The predicted molar refractivity (Wildman–Crippen MR) is 74.8 cm³/mol. The van der Waals surface area contributed by atoms with Crippen LogP contribution in [-0.2, 0) is 0 Å². The number of ether oxygens (including phenoxy) is 2. The van der Waals surface area contributed by atoms with Crippen molar-refractivity contribution in [1.29, 1.82) is 0 Å². The topological polar surface area (TPSA) is 41.9 Å². The molecule has 1 aromatic carbocycles. The first-order valence-electron chi connectivity index (χ1n) is 6.97. The molecule has 1 heterocycles. The van der Waals surface area contributed by atoms with Crippen LogP contribution >= 0.6 is 0 Å². The lowest BCUT2D eigenvalue weighted by atomic mass is 10.1. The molecule has 0 aromatic heterocycles. The lowest BCUT2D eigenvalue weighted by Crippen LogP contribution is -2.25. The van der Waals surface area contributed by atoms with Crippen LogP contribution in [0.3, 0.4) is 0 Å². The van der Waals surface area contributed by atoms with E-state index in [2.05, 4.69) is 11.8 Å². The summed E-state index contributed by atoms with van der Waals surface area (Å²) in [5.74, 6) is 1.50. The molecule has 0 radical (unpaired) electrons. The second kappa shape index (κ2) is 6.78. The van der Waals surface area contributed by atoms with Gasteiger partial charge >= 0.3 is 0 Å². The second-order valence-electron chi connectivity index (χ2n) is 5.03. The first-order chi connectivity index (χ1) is 9.20. The maximum Gasteiger partial charge on any atom is 0.161 e. The summed E-state index contributed by atoms with van der Waals surface area (Å²) in [6.07, 6.45) is 1.84. The summed E-state index contributed by atoms with van der Waals surface area (Å²) < 4.78 is 11.0. The van der Waals surface area contributed by atoms with Gasteiger partial charge in [0.25, 0.3) is 0 Å². The molecule has 106 valence electrons. The van der Waals surface area contributed by atoms with Crippen molar-refractivity contribution in [3.05, 3.63) is 23.8 Å². The minimum absolute atomic E-state index is 0.488. The standard InChI is InChI=1S/C15H23NO3/c1-3-4-7-16(2)11-13(17)12-5-6-14-15(10-12)19-9-8-18-14/h5-6,10,13,17H,3-4,7-9,11H2,1-2H3/t13-/m1/s1. The lowest BCUT2D eigenvalue weighted by Gasteiger charge is -2.23. The number of aliphatic hydroxyl groups excluding tert-OH is 1. The van der Waals surface area contributed by atoms with Gasteiger partial charge in [0.1, 0.15) is 13.2 Å². The molecule has 0 saturated heterocycles. The van der Waals surface area contributed by atoms with Crippen LogP contribution in [0.5, 0.6) is 11.5 Å². The third-order valence-corrected chi connectivity index (χ3v) is 3.33. The van der Waals surface area contributed by atoms with Gasteiger partial charge in [0.05, 0.1) is 6.10 Å². The van der Waals surface area contributed by atoms with Crippen LogP contribution in [0.4, 0.5) is 0 Å². The molecular weight excluding hydrogens is 242 g/mol. The molecule has 1 aromatic rings. The van der Waals surface area contributed by atoms with E-state index in [-0.39, 0.29) is 0 Å². The van der Waals surface area contributed by atoms with E-state index >= 15 is 0 Å². The van der Waals surface area contributed by atoms with Gasteiger partial charge in [-0.05, 0) is 37.7 Å². The quantitative estimate of drug-likeness (QED) is 0.856. The fourth-order valence-electron chi connectivity index (χ4n) is 2.19. The Labute approximate surface area is 114 Å². The van der Waals surface area contributed by atoms with Crippen LogP contribution in [0.25, 0.3) is 0 Å². The zero-order valence-corrected chi connectivity index (χ0v) is 11.8. The van der Waals surface area contributed by atoms with Crippen molar-refractivity contribution in [2.75, 3.05) is 33.4 Å². The highest BCUT2D eigenvalue weighted by Gasteiger charge is 2.16. The molecular formula is C15H23NO3. The van der Waals surface area contributed by atoms with Crippen LogP contribution < -0.4 is 9.47 Å². The Balaban J connectivity index is 1.97. The maximum absolute atomic E-state index is 10.3. The van der Waals surface area contributed by atoms with Gasteiger partial charge in [0.15, 0.2) is 11.5 Å². The van der Waals surface area contributed by atoms with E-state index in [1.807, 2.05) is 25.2 Å². The molecule has 0 saturated carbocycles. The van der Waals surface area contributed by atoms with E-state index in [0.29, 0.717) is 19.8 Å². The third-order valence-electron chi connectivity index (χ3n) is 3.33. The molecule has 1 aliphatic heterocycles. The molecule has 0 amide bonds. The molecule has 4 heteroatoms. The number of rotatable bonds is 6. The lowest BCUT2D eigenvalue weighted by molar-refractivity contribution is 0.124. The highest BCUT2D eigenvalue weighted by Crippen LogP contribution is 2.32. The van der Waals surface area contributed by atoms with Gasteiger partial charge in [0, 0.05) is 6.54 Å². The van der Waals surface area contributed by atoms with Gasteiger partial charge in [-0.15, -0.1) is 0 Å². The normalized spacial score (nSPS) is 15.6. The first kappa shape index (κ1) is 14.2. The summed E-state index contributed by atoms with van der Waals surface area (Å²) in [6.45, 7) is 4.99. The van der Waals surface area contributed by atoms with Crippen molar-refractivity contribution < 1.29 is 14.6 Å². The minimum atomic E-state index is -0.488. The van der Waals surface area contributed by atoms with Gasteiger partial charge in [-0.3, -0.25) is 0 Å². The van der Waals surface area contributed by atoms with Gasteiger partial charge in [-0.25, -0.2) is 0 Å². The molecule has 0 unspecified atom stereocenters. The first-order valence-corrected chi connectivity index (χ1v) is 6.97. The molecule has 0 spiro atoms. The van der Waals surface area contributed by atoms with E-state index in [4.69, 9.17) is 9.47 Å². The van der Waals surface area contributed by atoms with E-state index in [1.165, 1.54) is 6.42 Å². The Morgan fingerprint density at radius 1 is 1.26 bits per heavy atom. The summed E-state index contributed by atoms with van der Waals surface area (Å²) in [6, 6.07) is 5.66. The monoisotopic (exact) mass is 265 g/mol. The number of aliphatic hydroxyl groups is 1. The zero-order valence-electron chi connectivity index (χ0n) is 11.8. The number of fused-ring (bicyclic) bond motifs is 1. The Bertz CT molecular complexity index is 408. The van der Waals surface area contributed by atoms with Crippen LogP contribution in [0.1, 0.15) is 31.4 Å². The summed E-state index contributed by atoms with van der Waals surface area (Å²) in [5, 5.41) is 10.3. The van der Waals surface area contributed by atoms with Crippen LogP contribution in [0.2, 0.25) is 0 Å². The zero-order chi connectivity index (χ0) is 13.7. The second-order valence-corrected chi connectivity index (χ2v) is 5.03. The number of hydrogen-bond acceptors (Lipinski definition) is 4. The van der Waals surface area contributed by atoms with Crippen LogP contribution in [-0.4, -0.2) is 43.4 Å². The van der Waals surface area contributed by atoms with Crippen molar-refractivity contribution in [1.82, 2.24) is 4.90 Å². The van der Waals surface area contributed by atoms with Crippen molar-refractivity contribution in [3.8, 4) is 11.5 Å². The fraction of sp³-hybridized carbons (Fsp3) is 0.600. The fourth-order valence-corrected chi connectivity index (χ4v) is 2.19. The predicted octanol–water partition coefficient (Wildman–Crippen LogP) is 2.22. The largest absolute Gasteiger partial charge is 0.486 e. The maximum atomic E-state index is 10.3. The highest BCUT2D eigenvalue weighted by atomic mass is 16.6. The van der Waals surface area contributed by atoms with E-state index in [1.54, 1.807) is 0 Å². The molecule has 19 heavy (non-hydrogen) atoms. The molecule has 0 aliphatic carbocycles. The summed E-state index contributed by atoms with van der Waals surface area (Å²) in [4.78, 5) is 2.16. The Morgan fingerprint density at radius 3 is 2.74 bits per heavy atom. The van der Waals surface area contributed by atoms with E-state index in [0.717, 1.165) is 30.0 Å². The molecule has 2 rings (SSSR count). The molecule has 1 aliphatic rings. The van der Waals surface area contributed by atoms with Crippen molar-refractivity contribution >= 4 is 0 Å². The Hall–Kier alpha value is -1.26. The van der Waals surface area contributed by atoms with Gasteiger partial charge in [0.2, 0.25) is 0 Å². The number of unbranched alkanes of at least 4 members (excludes halogenated alkanes) is 1. The SMILES string of the molecule is CCCCN(C)C[C@@H](O)c1ccc2c(c1)OCCO2. The van der Waals surface area contributed by atoms with Gasteiger partial charge in [-0.1, -0.05) is 19.4 Å². The minimum Gasteiger partial charge on any atom is -0.486 e. The average Bonchev–Trinajstić information content (AvgIpc) is 2.44. The number of likely N-dealkylation sites (N-methyl/N-ethyl adjacent to an activating group) is 1. The van der Waals surface area contributed by atoms with Crippen molar-refractivity contribution in [3.63, 3.8) is 0 Å². The number of benzene rings is 1. The van der Waals surface area contributed by atoms with Crippen LogP contribution in [0.15, 0.2) is 18.2 Å². The van der Waals surface area contributed by atoms with Crippen LogP contribution in [0, 0.1) is 0 Å². The molecule has 4 nitrogen and oxygen atoms in total. The highest BCUT2D eigenvalue weighted by molar-refractivity contribution is 5.44. The van der Waals surface area contributed by atoms with Crippen molar-refractivity contribution in [2.24, 2.45) is 0 Å². The molecule has 0 fully saturated rings. The van der Waals surface area contributed by atoms with Gasteiger partial charge in [-0.2, -0.15) is 0 Å². The molecule has 1 atom stereocenters.